The monoisotopic (exact) mass is 464 g/mol. The van der Waals surface area contributed by atoms with E-state index in [0.29, 0.717) is 28.0 Å². The van der Waals surface area contributed by atoms with Gasteiger partial charge in [-0.15, -0.1) is 0 Å². The van der Waals surface area contributed by atoms with E-state index in [2.05, 4.69) is 5.10 Å². The van der Waals surface area contributed by atoms with E-state index in [1.807, 2.05) is 47.6 Å². The largest absolute Gasteiger partial charge is 0.494 e. The van der Waals surface area contributed by atoms with Crippen molar-refractivity contribution in [2.75, 3.05) is 12.0 Å². The van der Waals surface area contributed by atoms with Crippen LogP contribution >= 0.6 is 0 Å². The predicted molar refractivity (Wildman–Crippen MR) is 130 cm³/mol. The molecule has 8 heteroatoms. The highest BCUT2D eigenvalue weighted by atomic mass is 19.1. The number of nitrogens with zero attached hydrogens (tertiary/aromatic N) is 4. The summed E-state index contributed by atoms with van der Waals surface area (Å²) >= 11 is 0. The highest BCUT2D eigenvalue weighted by Gasteiger charge is 2.27. The predicted octanol–water partition coefficient (Wildman–Crippen LogP) is 6.09. The molecule has 3 heterocycles. The Morgan fingerprint density at radius 3 is 2.44 bits per heavy atom. The number of benzene rings is 1. The molecule has 4 rings (SSSR count). The summed E-state index contributed by atoms with van der Waals surface area (Å²) in [7, 11) is 1.41. The Hall–Kier alpha value is -3.68. The average molecular weight is 465 g/mol. The first-order valence-electron chi connectivity index (χ1n) is 11.2. The van der Waals surface area contributed by atoms with Crippen LogP contribution in [0, 0.1) is 19.7 Å². The number of anilines is 1. The lowest BCUT2D eigenvalue weighted by Crippen LogP contribution is -2.37. The van der Waals surface area contributed by atoms with Gasteiger partial charge in [-0.1, -0.05) is 0 Å². The molecular weight excluding hydrogens is 435 g/mol. The first-order valence-corrected chi connectivity index (χ1v) is 11.2. The number of hydrogen-bond donors (Lipinski definition) is 0. The molecule has 0 aliphatic rings. The van der Waals surface area contributed by atoms with Crippen molar-refractivity contribution in [1.29, 1.82) is 0 Å². The Morgan fingerprint density at radius 2 is 1.88 bits per heavy atom. The third kappa shape index (κ3) is 4.04. The Kier molecular flexibility index (Phi) is 6.17. The molecule has 0 unspecified atom stereocenters. The maximum absolute atomic E-state index is 14.5. The number of amides is 1. The maximum Gasteiger partial charge on any atom is 0.259 e. The number of carbonyl (C=O) groups is 1. The van der Waals surface area contributed by atoms with Gasteiger partial charge >= 0.3 is 0 Å². The van der Waals surface area contributed by atoms with Crippen LogP contribution in [0.2, 0.25) is 0 Å². The van der Waals surface area contributed by atoms with E-state index in [1.54, 1.807) is 27.9 Å². The van der Waals surface area contributed by atoms with E-state index in [9.17, 15) is 9.18 Å². The molecule has 0 saturated carbocycles. The number of rotatable bonds is 6. The molecule has 0 radical (unpaired) electrons. The zero-order chi connectivity index (χ0) is 24.7. The summed E-state index contributed by atoms with van der Waals surface area (Å²) in [5.41, 5.74) is 2.93. The van der Waals surface area contributed by atoms with Crippen molar-refractivity contribution >= 4 is 22.6 Å². The van der Waals surface area contributed by atoms with Gasteiger partial charge in [0.25, 0.3) is 5.91 Å². The smallest absolute Gasteiger partial charge is 0.259 e. The molecule has 7 nitrogen and oxygen atoms in total. The average Bonchev–Trinajstić information content (AvgIpc) is 3.35. The van der Waals surface area contributed by atoms with Crippen molar-refractivity contribution < 1.29 is 18.3 Å². The molecule has 4 aromatic rings. The van der Waals surface area contributed by atoms with Crippen molar-refractivity contribution in [3.8, 4) is 17.0 Å². The lowest BCUT2D eigenvalue weighted by atomic mass is 10.0. The highest BCUT2D eigenvalue weighted by Crippen LogP contribution is 2.32. The van der Waals surface area contributed by atoms with Gasteiger partial charge in [0, 0.05) is 29.4 Å². The van der Waals surface area contributed by atoms with Crippen LogP contribution < -0.4 is 9.64 Å². The van der Waals surface area contributed by atoms with Gasteiger partial charge in [0.15, 0.2) is 17.2 Å². The quantitative estimate of drug-likeness (QED) is 0.345. The molecule has 0 aliphatic heterocycles. The third-order valence-electron chi connectivity index (χ3n) is 5.75. The van der Waals surface area contributed by atoms with Crippen LogP contribution in [0.25, 0.3) is 22.3 Å². The second-order valence-corrected chi connectivity index (χ2v) is 8.89. The molecule has 0 bridgehead atoms. The van der Waals surface area contributed by atoms with Crippen molar-refractivity contribution in [2.45, 2.75) is 53.6 Å². The third-order valence-corrected chi connectivity index (χ3v) is 5.75. The molecule has 3 aromatic heterocycles. The van der Waals surface area contributed by atoms with Crippen molar-refractivity contribution in [3.63, 3.8) is 0 Å². The molecule has 0 spiro atoms. The zero-order valence-corrected chi connectivity index (χ0v) is 20.5. The molecule has 1 aromatic carbocycles. The van der Waals surface area contributed by atoms with Crippen molar-refractivity contribution in [3.05, 3.63) is 59.4 Å². The molecule has 1 amide bonds. The Labute approximate surface area is 198 Å². The topological polar surface area (TPSA) is 73.4 Å². The van der Waals surface area contributed by atoms with Crippen LogP contribution in [-0.4, -0.2) is 33.8 Å². The van der Waals surface area contributed by atoms with Gasteiger partial charge in [-0.25, -0.2) is 14.1 Å². The van der Waals surface area contributed by atoms with Gasteiger partial charge in [-0.2, -0.15) is 5.10 Å². The molecule has 178 valence electrons. The van der Waals surface area contributed by atoms with Crippen molar-refractivity contribution in [2.24, 2.45) is 0 Å². The molecule has 34 heavy (non-hydrogen) atoms. The fourth-order valence-corrected chi connectivity index (χ4v) is 4.18. The number of carbonyl (C=O) groups excluding carboxylic acids is 1. The lowest BCUT2D eigenvalue weighted by molar-refractivity contribution is 0.0981. The van der Waals surface area contributed by atoms with E-state index in [-0.39, 0.29) is 23.7 Å². The number of fused-ring (bicyclic) bond motifs is 1. The number of halogens is 1. The Morgan fingerprint density at radius 1 is 1.15 bits per heavy atom. The summed E-state index contributed by atoms with van der Waals surface area (Å²) in [5, 5.41) is 5.14. The van der Waals surface area contributed by atoms with Crippen LogP contribution in [0.4, 0.5) is 10.1 Å². The second-order valence-electron chi connectivity index (χ2n) is 8.89. The lowest BCUT2D eigenvalue weighted by Gasteiger charge is -2.27. The number of hydrogen-bond acceptors (Lipinski definition) is 5. The molecule has 0 atom stereocenters. The van der Waals surface area contributed by atoms with Gasteiger partial charge in [-0.3, -0.25) is 4.79 Å². The Balaban J connectivity index is 1.93. The van der Waals surface area contributed by atoms with Crippen molar-refractivity contribution in [1.82, 2.24) is 14.8 Å². The summed E-state index contributed by atoms with van der Waals surface area (Å²) < 4.78 is 27.1. The van der Waals surface area contributed by atoms with E-state index in [4.69, 9.17) is 14.1 Å². The zero-order valence-electron chi connectivity index (χ0n) is 20.5. The SMILES string of the molecule is COc1ccc(N(C(=O)c2cc(-c3cc(C)oc3C)nc3c2cnn3C(C)C)C(C)C)cc1F. The molecule has 0 saturated heterocycles. The van der Waals surface area contributed by atoms with E-state index < -0.39 is 5.82 Å². The first-order chi connectivity index (χ1) is 16.1. The summed E-state index contributed by atoms with van der Waals surface area (Å²) in [6.07, 6.45) is 1.67. The van der Waals surface area contributed by atoms with Crippen LogP contribution in [0.15, 0.2) is 40.9 Å². The van der Waals surface area contributed by atoms with Crippen LogP contribution in [0.1, 0.15) is 55.6 Å². The van der Waals surface area contributed by atoms with Gasteiger partial charge < -0.3 is 14.1 Å². The number of ether oxygens (including phenoxy) is 1. The minimum atomic E-state index is -0.531. The number of methoxy groups -OCH3 is 1. The van der Waals surface area contributed by atoms with Gasteiger partial charge in [0.05, 0.1) is 30.0 Å². The second kappa shape index (κ2) is 8.93. The number of pyridine rings is 1. The molecular formula is C26H29FN4O3. The molecule has 0 aliphatic carbocycles. The Bertz CT molecular complexity index is 1370. The normalized spacial score (nSPS) is 11.6. The number of aromatic nitrogens is 3. The summed E-state index contributed by atoms with van der Waals surface area (Å²) in [5.74, 6) is 0.802. The van der Waals surface area contributed by atoms with Crippen LogP contribution in [-0.2, 0) is 0 Å². The van der Waals surface area contributed by atoms with Crippen LogP contribution in [0.3, 0.4) is 0 Å². The maximum atomic E-state index is 14.5. The molecule has 0 fully saturated rings. The van der Waals surface area contributed by atoms with E-state index >= 15 is 0 Å². The minimum absolute atomic E-state index is 0.0484. The van der Waals surface area contributed by atoms with Gasteiger partial charge in [0.2, 0.25) is 0 Å². The standard InChI is InChI=1S/C26H29FN4O3/c1-14(2)30(18-8-9-24(33-7)22(27)11-18)26(32)20-12-23(19-10-16(5)34-17(19)6)29-25-21(20)13-28-31(25)15(3)4/h8-15H,1-7H3. The summed E-state index contributed by atoms with van der Waals surface area (Å²) in [6, 6.07) is 8.01. The van der Waals surface area contributed by atoms with E-state index in [1.165, 1.54) is 19.2 Å². The number of aryl methyl sites for hydroxylation is 2. The summed E-state index contributed by atoms with van der Waals surface area (Å²) in [4.78, 5) is 20.4. The van der Waals surface area contributed by atoms with E-state index in [0.717, 1.165) is 17.1 Å². The fourth-order valence-electron chi connectivity index (χ4n) is 4.18. The highest BCUT2D eigenvalue weighted by molar-refractivity contribution is 6.14. The van der Waals surface area contributed by atoms with Crippen LogP contribution in [0.5, 0.6) is 5.75 Å². The summed E-state index contributed by atoms with van der Waals surface area (Å²) in [6.45, 7) is 11.5. The minimum Gasteiger partial charge on any atom is -0.494 e. The fraction of sp³-hybridized carbons (Fsp3) is 0.346. The molecule has 0 N–H and O–H groups in total. The number of furan rings is 1. The first kappa shape index (κ1) is 23.5. The van der Waals surface area contributed by atoms with Gasteiger partial charge in [-0.05, 0) is 65.8 Å². The van der Waals surface area contributed by atoms with Gasteiger partial charge in [0.1, 0.15) is 11.5 Å².